The van der Waals surface area contributed by atoms with Crippen LogP contribution >= 0.6 is 11.6 Å². The fourth-order valence-electron chi connectivity index (χ4n) is 5.71. The maximum Gasteiger partial charge on any atom is 0.253 e. The van der Waals surface area contributed by atoms with E-state index in [9.17, 15) is 13.6 Å². The van der Waals surface area contributed by atoms with Crippen molar-refractivity contribution in [1.82, 2.24) is 20.1 Å². The van der Waals surface area contributed by atoms with Crippen LogP contribution in [0.15, 0.2) is 54.7 Å². The summed E-state index contributed by atoms with van der Waals surface area (Å²) in [5.41, 5.74) is 2.69. The Kier molecular flexibility index (Phi) is 9.13. The molecule has 1 aromatic heterocycles. The highest BCUT2D eigenvalue weighted by atomic mass is 35.5. The predicted molar refractivity (Wildman–Crippen MR) is 157 cm³/mol. The van der Waals surface area contributed by atoms with Gasteiger partial charge in [-0.1, -0.05) is 29.8 Å². The SMILES string of the molecule is CC(c1ccc(C#N)cc1)N1CCC(N2CCN(c3ncc(C(=O)NCc4ccc(F)c(F)c4)cc3Cl)CC2)CC1.[HH]. The van der Waals surface area contributed by atoms with Gasteiger partial charge in [-0.2, -0.15) is 5.26 Å². The van der Waals surface area contributed by atoms with Gasteiger partial charge in [-0.15, -0.1) is 0 Å². The zero-order chi connectivity index (χ0) is 28.9. The van der Waals surface area contributed by atoms with Crippen LogP contribution in [-0.4, -0.2) is 66.0 Å². The van der Waals surface area contributed by atoms with E-state index in [4.69, 9.17) is 16.9 Å². The molecule has 1 unspecified atom stereocenters. The second kappa shape index (κ2) is 12.9. The highest BCUT2D eigenvalue weighted by Gasteiger charge is 2.30. The van der Waals surface area contributed by atoms with Crippen molar-refractivity contribution >= 4 is 23.3 Å². The van der Waals surface area contributed by atoms with Crippen molar-refractivity contribution in [1.29, 1.82) is 5.26 Å². The molecule has 0 saturated carbocycles. The fourth-order valence-corrected chi connectivity index (χ4v) is 5.99. The summed E-state index contributed by atoms with van der Waals surface area (Å²) in [5.74, 6) is -1.61. The summed E-state index contributed by atoms with van der Waals surface area (Å²) in [6, 6.07) is 16.1. The molecule has 1 N–H and O–H groups in total. The average molecular weight is 581 g/mol. The Morgan fingerprint density at radius 1 is 1.07 bits per heavy atom. The van der Waals surface area contributed by atoms with Gasteiger partial charge in [-0.3, -0.25) is 14.6 Å². The van der Waals surface area contributed by atoms with Crippen LogP contribution in [0.4, 0.5) is 14.6 Å². The fraction of sp³-hybridized carbons (Fsp3) is 0.387. The largest absolute Gasteiger partial charge is 0.353 e. The maximum absolute atomic E-state index is 13.4. The number of hydrogen-bond donors (Lipinski definition) is 1. The van der Waals surface area contributed by atoms with Crippen molar-refractivity contribution in [2.45, 2.75) is 38.4 Å². The van der Waals surface area contributed by atoms with Gasteiger partial charge in [0.1, 0.15) is 5.82 Å². The summed E-state index contributed by atoms with van der Waals surface area (Å²) < 4.78 is 26.5. The molecule has 1 atom stereocenters. The zero-order valence-electron chi connectivity index (χ0n) is 23.0. The highest BCUT2D eigenvalue weighted by molar-refractivity contribution is 6.33. The van der Waals surface area contributed by atoms with Crippen molar-refractivity contribution < 1.29 is 15.0 Å². The number of hydrogen-bond acceptors (Lipinski definition) is 6. The molecule has 0 bridgehead atoms. The first-order valence-corrected chi connectivity index (χ1v) is 14.3. The monoisotopic (exact) mass is 580 g/mol. The lowest BCUT2D eigenvalue weighted by Gasteiger charge is -2.44. The lowest BCUT2D eigenvalue weighted by atomic mass is 9.98. The molecule has 2 fully saturated rings. The molecular weight excluding hydrogens is 546 g/mol. The number of nitrogens with zero attached hydrogens (tertiary/aromatic N) is 5. The summed E-state index contributed by atoms with van der Waals surface area (Å²) in [6.07, 6.45) is 3.74. The van der Waals surface area contributed by atoms with Crippen LogP contribution in [0, 0.1) is 23.0 Å². The molecule has 0 aliphatic carbocycles. The van der Waals surface area contributed by atoms with E-state index in [0.717, 1.165) is 64.2 Å². The van der Waals surface area contributed by atoms with Crippen LogP contribution in [0.1, 0.15) is 54.3 Å². The third-order valence-corrected chi connectivity index (χ3v) is 8.50. The molecule has 2 aliphatic rings. The summed E-state index contributed by atoms with van der Waals surface area (Å²) in [6.45, 7) is 7.82. The molecule has 1 amide bonds. The number of pyridine rings is 1. The summed E-state index contributed by atoms with van der Waals surface area (Å²) in [5, 5.41) is 12.1. The minimum Gasteiger partial charge on any atom is -0.353 e. The van der Waals surface area contributed by atoms with Gasteiger partial charge in [0.15, 0.2) is 11.6 Å². The van der Waals surface area contributed by atoms with Crippen molar-refractivity contribution in [2.24, 2.45) is 0 Å². The first kappa shape index (κ1) is 28.9. The molecule has 2 saturated heterocycles. The molecule has 3 heterocycles. The topological polar surface area (TPSA) is 75.5 Å². The van der Waals surface area contributed by atoms with E-state index in [0.29, 0.717) is 39.6 Å². The molecular formula is C31H35ClF2N6O. The van der Waals surface area contributed by atoms with Crippen LogP contribution in [0.5, 0.6) is 0 Å². The Morgan fingerprint density at radius 3 is 2.41 bits per heavy atom. The van der Waals surface area contributed by atoms with Gasteiger partial charge < -0.3 is 10.2 Å². The zero-order valence-corrected chi connectivity index (χ0v) is 23.7. The van der Waals surface area contributed by atoms with Crippen LogP contribution < -0.4 is 10.2 Å². The molecule has 0 radical (unpaired) electrons. The second-order valence-electron chi connectivity index (χ2n) is 10.7. The number of halogens is 3. The Labute approximate surface area is 245 Å². The normalized spacial score (nSPS) is 17.7. The van der Waals surface area contributed by atoms with Crippen molar-refractivity contribution in [3.63, 3.8) is 0 Å². The van der Waals surface area contributed by atoms with Gasteiger partial charge in [0, 0.05) is 65.5 Å². The standard InChI is InChI=1S/C31H33ClF2N6O.H2/c1-21(24-5-2-22(18-35)3-6-24)38-10-8-26(9-11-38)39-12-14-40(15-13-39)30-27(32)17-25(20-36-30)31(41)37-19-23-4-7-28(33)29(34)16-23;/h2-7,16-17,20-21,26H,8-15,19H2,1H3,(H,37,41);1H. The minimum atomic E-state index is -0.953. The third kappa shape index (κ3) is 6.84. The lowest BCUT2D eigenvalue weighted by molar-refractivity contribution is 0.0839. The number of nitriles is 1. The van der Waals surface area contributed by atoms with Crippen molar-refractivity contribution in [3.8, 4) is 6.07 Å². The number of nitrogens with one attached hydrogen (secondary N) is 1. The van der Waals surface area contributed by atoms with Gasteiger partial charge in [0.2, 0.25) is 0 Å². The van der Waals surface area contributed by atoms with Crippen LogP contribution in [0.25, 0.3) is 0 Å². The number of likely N-dealkylation sites (tertiary alicyclic amines) is 1. The summed E-state index contributed by atoms with van der Waals surface area (Å²) in [7, 11) is 0. The smallest absolute Gasteiger partial charge is 0.253 e. The van der Waals surface area contributed by atoms with Gasteiger partial charge in [0.05, 0.1) is 22.2 Å². The Bertz CT molecular complexity index is 1420. The Morgan fingerprint density at radius 2 is 1.78 bits per heavy atom. The lowest BCUT2D eigenvalue weighted by Crippen LogP contribution is -2.53. The van der Waals surface area contributed by atoms with E-state index in [2.05, 4.69) is 50.1 Å². The Balaban J connectivity index is 0.00000405. The summed E-state index contributed by atoms with van der Waals surface area (Å²) >= 11 is 6.55. The van der Waals surface area contributed by atoms with Crippen LogP contribution in [0.3, 0.4) is 0 Å². The predicted octanol–water partition coefficient (Wildman–Crippen LogP) is 5.41. The molecule has 3 aromatic rings. The van der Waals surface area contributed by atoms with E-state index in [-0.39, 0.29) is 13.9 Å². The molecule has 7 nitrogen and oxygen atoms in total. The number of benzene rings is 2. The number of carbonyl (C=O) groups is 1. The number of aromatic nitrogens is 1. The number of rotatable bonds is 7. The second-order valence-corrected chi connectivity index (χ2v) is 11.1. The van der Waals surface area contributed by atoms with Crippen molar-refractivity contribution in [2.75, 3.05) is 44.2 Å². The van der Waals surface area contributed by atoms with E-state index >= 15 is 0 Å². The van der Waals surface area contributed by atoms with E-state index in [1.54, 1.807) is 6.07 Å². The van der Waals surface area contributed by atoms with Gasteiger partial charge in [-0.05, 0) is 61.2 Å². The van der Waals surface area contributed by atoms with E-state index in [1.165, 1.54) is 17.8 Å². The number of anilines is 1. The molecule has 0 spiro atoms. The van der Waals surface area contributed by atoms with Gasteiger partial charge in [0.25, 0.3) is 5.91 Å². The van der Waals surface area contributed by atoms with Gasteiger partial charge >= 0.3 is 0 Å². The Hall–Kier alpha value is -3.58. The molecule has 5 rings (SSSR count). The minimum absolute atomic E-state index is 0. The molecule has 2 aromatic carbocycles. The first-order valence-electron chi connectivity index (χ1n) is 13.9. The maximum atomic E-state index is 13.4. The average Bonchev–Trinajstić information content (AvgIpc) is 3.01. The molecule has 216 valence electrons. The first-order chi connectivity index (χ1) is 19.8. The summed E-state index contributed by atoms with van der Waals surface area (Å²) in [4.78, 5) is 24.3. The number of piperidine rings is 1. The molecule has 41 heavy (non-hydrogen) atoms. The molecule has 2 aliphatic heterocycles. The number of piperazine rings is 1. The van der Waals surface area contributed by atoms with Crippen molar-refractivity contribution in [3.05, 3.63) is 93.6 Å². The highest BCUT2D eigenvalue weighted by Crippen LogP contribution is 2.29. The van der Waals surface area contributed by atoms with Gasteiger partial charge in [-0.25, -0.2) is 13.8 Å². The van der Waals surface area contributed by atoms with Crippen LogP contribution in [0.2, 0.25) is 5.02 Å². The molecule has 10 heteroatoms. The van der Waals surface area contributed by atoms with E-state index in [1.807, 2.05) is 12.1 Å². The number of carbonyl (C=O) groups excluding carboxylic acids is 1. The van der Waals surface area contributed by atoms with Crippen LogP contribution in [-0.2, 0) is 6.54 Å². The quantitative estimate of drug-likeness (QED) is 0.403. The third-order valence-electron chi connectivity index (χ3n) is 8.22. The number of amides is 1. The van der Waals surface area contributed by atoms with E-state index < -0.39 is 11.6 Å².